The van der Waals surface area contributed by atoms with Crippen LogP contribution in [0.1, 0.15) is 16.2 Å². The van der Waals surface area contributed by atoms with Gasteiger partial charge in [0.05, 0.1) is 23.1 Å². The first-order valence-electron chi connectivity index (χ1n) is 6.86. The topological polar surface area (TPSA) is 101 Å². The van der Waals surface area contributed by atoms with Crippen LogP contribution in [0.4, 0.5) is 10.1 Å². The second-order valence-corrected chi connectivity index (χ2v) is 4.99. The smallest absolute Gasteiger partial charge is 0.255 e. The van der Waals surface area contributed by atoms with Crippen LogP contribution >= 0.6 is 0 Å². The van der Waals surface area contributed by atoms with Gasteiger partial charge >= 0.3 is 0 Å². The first-order valence-corrected chi connectivity index (χ1v) is 6.86. The quantitative estimate of drug-likeness (QED) is 0.686. The van der Waals surface area contributed by atoms with Crippen LogP contribution in [0.2, 0.25) is 0 Å². The number of anilines is 1. The minimum absolute atomic E-state index is 0.00850. The van der Waals surface area contributed by atoms with E-state index in [0.717, 1.165) is 0 Å². The number of carbonyl (C=O) groups is 2. The minimum atomic E-state index is -0.507. The number of halogens is 1. The predicted octanol–water partition coefficient (Wildman–Crippen LogP) is 1.98. The van der Waals surface area contributed by atoms with E-state index in [-0.39, 0.29) is 12.1 Å². The summed E-state index contributed by atoms with van der Waals surface area (Å²) in [7, 11) is 0. The molecule has 0 aliphatic carbocycles. The van der Waals surface area contributed by atoms with E-state index in [9.17, 15) is 14.0 Å². The van der Waals surface area contributed by atoms with Gasteiger partial charge in [0, 0.05) is 5.56 Å². The zero-order chi connectivity index (χ0) is 16.4. The number of para-hydroxylation sites is 1. The maximum Gasteiger partial charge on any atom is 0.255 e. The molecule has 6 nitrogen and oxygen atoms in total. The molecule has 0 unspecified atom stereocenters. The number of rotatable bonds is 4. The van der Waals surface area contributed by atoms with Crippen molar-refractivity contribution in [2.45, 2.75) is 6.42 Å². The van der Waals surface area contributed by atoms with Gasteiger partial charge in [-0.2, -0.15) is 0 Å². The Morgan fingerprint density at radius 3 is 2.74 bits per heavy atom. The summed E-state index contributed by atoms with van der Waals surface area (Å²) >= 11 is 0. The Bertz CT molecular complexity index is 904. The highest BCUT2D eigenvalue weighted by molar-refractivity contribution is 6.06. The third-order valence-electron chi connectivity index (χ3n) is 3.26. The molecule has 3 aromatic rings. The van der Waals surface area contributed by atoms with Crippen LogP contribution in [-0.4, -0.2) is 21.8 Å². The summed E-state index contributed by atoms with van der Waals surface area (Å²) in [4.78, 5) is 30.3. The number of primary amides is 1. The monoisotopic (exact) mass is 312 g/mol. The lowest BCUT2D eigenvalue weighted by Gasteiger charge is -2.06. The van der Waals surface area contributed by atoms with Crippen molar-refractivity contribution in [3.63, 3.8) is 0 Å². The highest BCUT2D eigenvalue weighted by Crippen LogP contribution is 2.17. The number of benzene rings is 2. The average Bonchev–Trinajstić information content (AvgIpc) is 2.89. The fourth-order valence-corrected chi connectivity index (χ4v) is 2.21. The Hall–Kier alpha value is -3.22. The van der Waals surface area contributed by atoms with Crippen molar-refractivity contribution in [3.05, 3.63) is 59.7 Å². The molecule has 0 saturated heterocycles. The van der Waals surface area contributed by atoms with E-state index in [1.807, 2.05) is 0 Å². The molecule has 0 fully saturated rings. The van der Waals surface area contributed by atoms with Gasteiger partial charge in [0.15, 0.2) is 0 Å². The second-order valence-electron chi connectivity index (χ2n) is 4.99. The third-order valence-corrected chi connectivity index (χ3v) is 3.26. The van der Waals surface area contributed by atoms with Crippen LogP contribution in [0.3, 0.4) is 0 Å². The molecule has 0 aliphatic heterocycles. The van der Waals surface area contributed by atoms with Gasteiger partial charge in [-0.1, -0.05) is 12.1 Å². The van der Waals surface area contributed by atoms with E-state index in [4.69, 9.17) is 5.73 Å². The molecular weight excluding hydrogens is 299 g/mol. The molecule has 0 saturated carbocycles. The Kier molecular flexibility index (Phi) is 3.76. The number of H-pyrrole nitrogens is 1. The van der Waals surface area contributed by atoms with Crippen LogP contribution in [0.25, 0.3) is 11.0 Å². The molecule has 0 aliphatic rings. The number of carbonyl (C=O) groups excluding carboxylic acids is 2. The van der Waals surface area contributed by atoms with Gasteiger partial charge < -0.3 is 16.0 Å². The van der Waals surface area contributed by atoms with Gasteiger partial charge in [-0.15, -0.1) is 0 Å². The summed E-state index contributed by atoms with van der Waals surface area (Å²) in [6.45, 7) is 0. The van der Waals surface area contributed by atoms with E-state index in [1.54, 1.807) is 30.3 Å². The molecule has 0 spiro atoms. The maximum atomic E-state index is 13.6. The van der Waals surface area contributed by atoms with E-state index in [2.05, 4.69) is 15.3 Å². The molecule has 23 heavy (non-hydrogen) atoms. The van der Waals surface area contributed by atoms with E-state index in [1.165, 1.54) is 12.1 Å². The number of fused-ring (bicyclic) bond motifs is 1. The standard InChI is InChI=1S/C16H13FN4O2/c17-10-3-1-2-4-11(10)21-16(23)9-5-6-12-13(7-9)20-15(19-12)8-14(18)22/h1-7H,8H2,(H2,18,22)(H,19,20)(H,21,23). The lowest BCUT2D eigenvalue weighted by molar-refractivity contribution is -0.117. The van der Waals surface area contributed by atoms with Crippen molar-refractivity contribution in [3.8, 4) is 0 Å². The first-order chi connectivity index (χ1) is 11.0. The van der Waals surface area contributed by atoms with Crippen LogP contribution in [0, 0.1) is 5.82 Å². The van der Waals surface area contributed by atoms with E-state index >= 15 is 0 Å². The largest absolute Gasteiger partial charge is 0.369 e. The molecule has 7 heteroatoms. The number of aromatic nitrogens is 2. The summed E-state index contributed by atoms with van der Waals surface area (Å²) in [6.07, 6.45) is -0.00850. The van der Waals surface area contributed by atoms with Gasteiger partial charge in [0.25, 0.3) is 5.91 Å². The van der Waals surface area contributed by atoms with E-state index in [0.29, 0.717) is 22.4 Å². The van der Waals surface area contributed by atoms with Crippen LogP contribution in [-0.2, 0) is 11.2 Å². The lowest BCUT2D eigenvalue weighted by Crippen LogP contribution is -2.14. The number of amides is 2. The van der Waals surface area contributed by atoms with Gasteiger partial charge in [-0.05, 0) is 30.3 Å². The number of hydrogen-bond donors (Lipinski definition) is 3. The van der Waals surface area contributed by atoms with Crippen molar-refractivity contribution >= 4 is 28.5 Å². The van der Waals surface area contributed by atoms with Crippen LogP contribution in [0.15, 0.2) is 42.5 Å². The van der Waals surface area contributed by atoms with Gasteiger partial charge in [-0.25, -0.2) is 9.37 Å². The normalized spacial score (nSPS) is 10.7. The molecule has 4 N–H and O–H groups in total. The Morgan fingerprint density at radius 2 is 2.00 bits per heavy atom. The Balaban J connectivity index is 1.86. The fraction of sp³-hybridized carbons (Fsp3) is 0.0625. The van der Waals surface area contributed by atoms with Gasteiger partial charge in [0.2, 0.25) is 5.91 Å². The average molecular weight is 312 g/mol. The van der Waals surface area contributed by atoms with Gasteiger partial charge in [0.1, 0.15) is 11.6 Å². The number of nitrogens with zero attached hydrogens (tertiary/aromatic N) is 1. The number of nitrogens with one attached hydrogen (secondary N) is 2. The molecule has 0 atom stereocenters. The molecule has 0 radical (unpaired) electrons. The van der Waals surface area contributed by atoms with Gasteiger partial charge in [-0.3, -0.25) is 9.59 Å². The number of imidazole rings is 1. The SMILES string of the molecule is NC(=O)Cc1nc2ccc(C(=O)Nc3ccccc3F)cc2[nH]1. The summed E-state index contributed by atoms with van der Waals surface area (Å²) in [6, 6.07) is 10.7. The molecule has 0 bridgehead atoms. The number of aromatic amines is 1. The van der Waals surface area contributed by atoms with Crippen molar-refractivity contribution in [1.29, 1.82) is 0 Å². The highest BCUT2D eigenvalue weighted by Gasteiger charge is 2.12. The zero-order valence-electron chi connectivity index (χ0n) is 12.0. The van der Waals surface area contributed by atoms with Crippen molar-refractivity contribution in [2.75, 3.05) is 5.32 Å². The minimum Gasteiger partial charge on any atom is -0.369 e. The van der Waals surface area contributed by atoms with Crippen molar-refractivity contribution in [1.82, 2.24) is 9.97 Å². The van der Waals surface area contributed by atoms with Crippen LogP contribution in [0.5, 0.6) is 0 Å². The molecule has 1 heterocycles. The lowest BCUT2D eigenvalue weighted by atomic mass is 10.2. The second kappa shape index (κ2) is 5.88. The number of hydrogen-bond acceptors (Lipinski definition) is 3. The molecule has 116 valence electrons. The molecule has 3 rings (SSSR count). The van der Waals surface area contributed by atoms with Crippen LogP contribution < -0.4 is 11.1 Å². The molecular formula is C16H13FN4O2. The molecule has 1 aromatic heterocycles. The summed E-state index contributed by atoms with van der Waals surface area (Å²) in [5.74, 6) is -1.02. The Morgan fingerprint density at radius 1 is 1.22 bits per heavy atom. The maximum absolute atomic E-state index is 13.6. The molecule has 2 amide bonds. The summed E-state index contributed by atoms with van der Waals surface area (Å²) in [5, 5.41) is 2.51. The zero-order valence-corrected chi connectivity index (χ0v) is 12.0. The first kappa shape index (κ1) is 14.7. The Labute approximate surface area is 130 Å². The molecule has 2 aromatic carbocycles. The predicted molar refractivity (Wildman–Crippen MR) is 83.3 cm³/mol. The van der Waals surface area contributed by atoms with Crippen molar-refractivity contribution < 1.29 is 14.0 Å². The fourth-order valence-electron chi connectivity index (χ4n) is 2.21. The summed E-state index contributed by atoms with van der Waals surface area (Å²) < 4.78 is 13.6. The third kappa shape index (κ3) is 3.18. The van der Waals surface area contributed by atoms with E-state index < -0.39 is 17.6 Å². The highest BCUT2D eigenvalue weighted by atomic mass is 19.1. The number of nitrogens with two attached hydrogens (primary N) is 1. The van der Waals surface area contributed by atoms with Crippen molar-refractivity contribution in [2.24, 2.45) is 5.73 Å². The summed E-state index contributed by atoms with van der Waals surface area (Å²) in [5.41, 5.74) is 6.79.